The van der Waals surface area contributed by atoms with Crippen LogP contribution in [0.25, 0.3) is 0 Å². The highest BCUT2D eigenvalue weighted by Gasteiger charge is 2.22. The summed E-state index contributed by atoms with van der Waals surface area (Å²) in [6.07, 6.45) is 9.05. The second-order valence-electron chi connectivity index (χ2n) is 8.72. The summed E-state index contributed by atoms with van der Waals surface area (Å²) in [5.74, 6) is 3.53. The molecule has 0 saturated carbocycles. The average molecular weight is 406 g/mol. The van der Waals surface area contributed by atoms with Crippen molar-refractivity contribution < 1.29 is 0 Å². The van der Waals surface area contributed by atoms with Gasteiger partial charge in [-0.05, 0) is 45.2 Å². The second-order valence-corrected chi connectivity index (χ2v) is 8.72. The van der Waals surface area contributed by atoms with Crippen LogP contribution in [-0.2, 0) is 13.6 Å². The molecule has 2 rings (SSSR count). The first-order valence-electron chi connectivity index (χ1n) is 11.6. The van der Waals surface area contributed by atoms with Crippen LogP contribution in [-0.4, -0.2) is 57.8 Å². The van der Waals surface area contributed by atoms with Crippen molar-refractivity contribution in [3.63, 3.8) is 0 Å². The maximum absolute atomic E-state index is 4.79. The number of rotatable bonds is 12. The van der Waals surface area contributed by atoms with Crippen molar-refractivity contribution in [2.45, 2.75) is 85.2 Å². The molecule has 7 heteroatoms. The highest BCUT2D eigenvalue weighted by atomic mass is 15.3. The van der Waals surface area contributed by atoms with Crippen LogP contribution in [0.1, 0.15) is 77.4 Å². The zero-order valence-electron chi connectivity index (χ0n) is 19.4. The molecule has 1 aliphatic rings. The molecule has 7 nitrogen and oxygen atoms in total. The maximum Gasteiger partial charge on any atom is 0.191 e. The molecule has 29 heavy (non-hydrogen) atoms. The molecule has 1 unspecified atom stereocenters. The monoisotopic (exact) mass is 405 g/mol. The lowest BCUT2D eigenvalue weighted by molar-refractivity contribution is 0.267. The summed E-state index contributed by atoms with van der Waals surface area (Å²) in [5, 5.41) is 15.5. The van der Waals surface area contributed by atoms with Crippen LogP contribution >= 0.6 is 0 Å². The summed E-state index contributed by atoms with van der Waals surface area (Å²) in [6.45, 7) is 13.6. The molecular weight excluding hydrogens is 362 g/mol. The summed E-state index contributed by atoms with van der Waals surface area (Å²) in [6, 6.07) is 0.611. The van der Waals surface area contributed by atoms with E-state index in [4.69, 9.17) is 4.99 Å². The van der Waals surface area contributed by atoms with E-state index in [0.29, 0.717) is 12.6 Å². The van der Waals surface area contributed by atoms with Gasteiger partial charge in [0.2, 0.25) is 0 Å². The molecule has 1 fully saturated rings. The molecule has 1 aliphatic heterocycles. The van der Waals surface area contributed by atoms with Crippen molar-refractivity contribution in [1.29, 1.82) is 0 Å². The molecule has 0 radical (unpaired) electrons. The smallest absolute Gasteiger partial charge is 0.191 e. The summed E-state index contributed by atoms with van der Waals surface area (Å²) in [5.41, 5.74) is 0. The molecule has 1 aromatic heterocycles. The Morgan fingerprint density at radius 3 is 2.66 bits per heavy atom. The average Bonchev–Trinajstić information content (AvgIpc) is 3.29. The second kappa shape index (κ2) is 12.8. The molecule has 0 bridgehead atoms. The first-order chi connectivity index (χ1) is 14.0. The minimum absolute atomic E-state index is 0.545. The van der Waals surface area contributed by atoms with Crippen molar-refractivity contribution in [1.82, 2.24) is 30.3 Å². The summed E-state index contributed by atoms with van der Waals surface area (Å²) in [4.78, 5) is 7.35. The van der Waals surface area contributed by atoms with Crippen LogP contribution in [0, 0.1) is 12.8 Å². The van der Waals surface area contributed by atoms with E-state index in [0.717, 1.165) is 43.2 Å². The third-order valence-electron chi connectivity index (χ3n) is 5.97. The number of likely N-dealkylation sites (tertiary alicyclic amines) is 1. The van der Waals surface area contributed by atoms with E-state index in [1.54, 1.807) is 0 Å². The van der Waals surface area contributed by atoms with Gasteiger partial charge in [-0.3, -0.25) is 4.90 Å². The molecule has 166 valence electrons. The Hall–Kier alpha value is -1.63. The molecule has 0 aromatic carbocycles. The largest absolute Gasteiger partial charge is 0.356 e. The van der Waals surface area contributed by atoms with Crippen molar-refractivity contribution in [2.24, 2.45) is 18.0 Å². The summed E-state index contributed by atoms with van der Waals surface area (Å²) < 4.78 is 2.01. The quantitative estimate of drug-likeness (QED) is 0.317. The van der Waals surface area contributed by atoms with E-state index >= 15 is 0 Å². The summed E-state index contributed by atoms with van der Waals surface area (Å²) >= 11 is 0. The third-order valence-corrected chi connectivity index (χ3v) is 5.97. The van der Waals surface area contributed by atoms with Gasteiger partial charge in [-0.1, -0.05) is 46.5 Å². The standard InChI is InChI=1S/C22H43N7/c1-6-29-15-11-13-20(29)16-24-22(23-14-10-8-7-9-12-18(2)3)25-17-21-27-26-19(4)28(21)5/h18,20H,6-17H2,1-5H3,(H2,23,24,25). The molecule has 0 aliphatic carbocycles. The van der Waals surface area contributed by atoms with Gasteiger partial charge in [-0.15, -0.1) is 10.2 Å². The van der Waals surface area contributed by atoms with Gasteiger partial charge in [-0.2, -0.15) is 0 Å². The van der Waals surface area contributed by atoms with E-state index in [9.17, 15) is 0 Å². The lowest BCUT2D eigenvalue weighted by Crippen LogP contribution is -2.45. The normalized spacial score (nSPS) is 18.0. The van der Waals surface area contributed by atoms with Gasteiger partial charge in [-0.25, -0.2) is 4.99 Å². The number of unbranched alkanes of at least 4 members (excludes halogenated alkanes) is 3. The lowest BCUT2D eigenvalue weighted by Gasteiger charge is -2.24. The number of likely N-dealkylation sites (N-methyl/N-ethyl adjacent to an activating group) is 1. The van der Waals surface area contributed by atoms with Crippen molar-refractivity contribution >= 4 is 5.96 Å². The Bertz CT molecular complexity index is 608. The minimum Gasteiger partial charge on any atom is -0.356 e. The Labute approximate surface area is 177 Å². The van der Waals surface area contributed by atoms with Crippen LogP contribution in [0.2, 0.25) is 0 Å². The van der Waals surface area contributed by atoms with Crippen molar-refractivity contribution in [3.8, 4) is 0 Å². The Morgan fingerprint density at radius 1 is 1.17 bits per heavy atom. The van der Waals surface area contributed by atoms with Gasteiger partial charge < -0.3 is 15.2 Å². The molecule has 0 spiro atoms. The molecule has 0 amide bonds. The molecule has 2 N–H and O–H groups in total. The van der Waals surface area contributed by atoms with Gasteiger partial charge in [0.05, 0.1) is 0 Å². The first-order valence-corrected chi connectivity index (χ1v) is 11.6. The number of hydrogen-bond donors (Lipinski definition) is 2. The van der Waals surface area contributed by atoms with Gasteiger partial charge in [0.1, 0.15) is 12.4 Å². The molecule has 1 saturated heterocycles. The Morgan fingerprint density at radius 2 is 1.97 bits per heavy atom. The number of aryl methyl sites for hydroxylation is 1. The maximum atomic E-state index is 4.79. The number of nitrogens with one attached hydrogen (secondary N) is 2. The zero-order valence-corrected chi connectivity index (χ0v) is 19.4. The van der Waals surface area contributed by atoms with Gasteiger partial charge >= 0.3 is 0 Å². The van der Waals surface area contributed by atoms with E-state index in [1.165, 1.54) is 51.5 Å². The highest BCUT2D eigenvalue weighted by Crippen LogP contribution is 2.15. The fourth-order valence-corrected chi connectivity index (χ4v) is 3.91. The van der Waals surface area contributed by atoms with Crippen LogP contribution < -0.4 is 10.6 Å². The zero-order chi connectivity index (χ0) is 21.1. The fraction of sp³-hybridized carbons (Fsp3) is 0.864. The Balaban J connectivity index is 1.81. The lowest BCUT2D eigenvalue weighted by atomic mass is 10.0. The van der Waals surface area contributed by atoms with E-state index < -0.39 is 0 Å². The SMILES string of the molecule is CCN1CCCC1CNC(=NCc1nnc(C)n1C)NCCCCCCC(C)C. The molecule has 1 aromatic rings. The van der Waals surface area contributed by atoms with Gasteiger partial charge in [0.15, 0.2) is 11.8 Å². The molecular formula is C22H43N7. The number of aromatic nitrogens is 3. The molecule has 1 atom stereocenters. The van der Waals surface area contributed by atoms with Crippen LogP contribution in [0.4, 0.5) is 0 Å². The van der Waals surface area contributed by atoms with E-state index in [1.807, 2.05) is 18.5 Å². The number of nitrogens with zero attached hydrogens (tertiary/aromatic N) is 5. The number of guanidine groups is 1. The van der Waals surface area contributed by atoms with Crippen LogP contribution in [0.3, 0.4) is 0 Å². The Kier molecular flexibility index (Phi) is 10.5. The third kappa shape index (κ3) is 8.33. The fourth-order valence-electron chi connectivity index (χ4n) is 3.91. The predicted molar refractivity (Wildman–Crippen MR) is 121 cm³/mol. The van der Waals surface area contributed by atoms with Crippen molar-refractivity contribution in [2.75, 3.05) is 26.2 Å². The number of hydrogen-bond acceptors (Lipinski definition) is 4. The van der Waals surface area contributed by atoms with Gasteiger partial charge in [0.25, 0.3) is 0 Å². The topological polar surface area (TPSA) is 70.4 Å². The van der Waals surface area contributed by atoms with Crippen LogP contribution in [0.5, 0.6) is 0 Å². The molecule has 2 heterocycles. The van der Waals surface area contributed by atoms with Crippen molar-refractivity contribution in [3.05, 3.63) is 11.6 Å². The number of aliphatic imine (C=N–C) groups is 1. The van der Waals surface area contributed by atoms with E-state index in [2.05, 4.69) is 46.5 Å². The van der Waals surface area contributed by atoms with Gasteiger partial charge in [0, 0.05) is 26.2 Å². The first kappa shape index (κ1) is 23.6. The highest BCUT2D eigenvalue weighted by molar-refractivity contribution is 5.79. The predicted octanol–water partition coefficient (Wildman–Crippen LogP) is 3.25. The summed E-state index contributed by atoms with van der Waals surface area (Å²) in [7, 11) is 2.00. The van der Waals surface area contributed by atoms with Crippen LogP contribution in [0.15, 0.2) is 4.99 Å². The minimum atomic E-state index is 0.545. The van der Waals surface area contributed by atoms with E-state index in [-0.39, 0.29) is 0 Å².